The highest BCUT2D eigenvalue weighted by Crippen LogP contribution is 2.40. The lowest BCUT2D eigenvalue weighted by Crippen LogP contribution is -2.44. The molecule has 2 rings (SSSR count). The zero-order valence-corrected chi connectivity index (χ0v) is 16.4. The van der Waals surface area contributed by atoms with Gasteiger partial charge in [-0.15, -0.1) is 0 Å². The van der Waals surface area contributed by atoms with Gasteiger partial charge in [-0.1, -0.05) is 26.8 Å². The Morgan fingerprint density at radius 2 is 1.78 bits per heavy atom. The van der Waals surface area contributed by atoms with E-state index in [2.05, 4.69) is 59.0 Å². The maximum absolute atomic E-state index is 11.9. The van der Waals surface area contributed by atoms with Crippen molar-refractivity contribution < 1.29 is 14.0 Å². The first-order valence-electron chi connectivity index (χ1n) is 8.45. The Morgan fingerprint density at radius 3 is 2.30 bits per heavy atom. The molecule has 0 amide bonds. The van der Waals surface area contributed by atoms with Crippen LogP contribution in [0, 0.1) is 6.92 Å². The van der Waals surface area contributed by atoms with E-state index in [9.17, 15) is 4.79 Å². The van der Waals surface area contributed by atoms with Gasteiger partial charge in [0.2, 0.25) is 8.32 Å². The molecule has 1 aliphatic rings. The molecule has 1 heterocycles. The number of benzene rings is 1. The van der Waals surface area contributed by atoms with Crippen LogP contribution in [0.25, 0.3) is 0 Å². The number of carbonyl (C=O) groups excluding carboxylic acids is 1. The SMILES string of the molecule is Cc1cc(O[Si](C)(C)C(C)(C)C)cc(C2(C=O)CCOCC2)c1. The topological polar surface area (TPSA) is 35.5 Å². The molecular formula is C19H30O3Si. The molecule has 4 heteroatoms. The number of carbonyl (C=O) groups is 1. The quantitative estimate of drug-likeness (QED) is 0.595. The molecule has 1 aromatic carbocycles. The largest absolute Gasteiger partial charge is 0.543 e. The van der Waals surface area contributed by atoms with Crippen molar-refractivity contribution in [1.82, 2.24) is 0 Å². The Kier molecular flexibility index (Phi) is 5.07. The summed E-state index contributed by atoms with van der Waals surface area (Å²) in [5.41, 5.74) is 1.80. The molecule has 23 heavy (non-hydrogen) atoms. The molecule has 0 radical (unpaired) electrons. The molecule has 0 bridgehead atoms. The van der Waals surface area contributed by atoms with Crippen molar-refractivity contribution in [2.24, 2.45) is 0 Å². The summed E-state index contributed by atoms with van der Waals surface area (Å²) in [6, 6.07) is 6.28. The fraction of sp³-hybridized carbons (Fsp3) is 0.632. The maximum atomic E-state index is 11.9. The van der Waals surface area contributed by atoms with Crippen LogP contribution in [0.3, 0.4) is 0 Å². The lowest BCUT2D eigenvalue weighted by Gasteiger charge is -2.37. The van der Waals surface area contributed by atoms with Gasteiger partial charge in [-0.05, 0) is 61.2 Å². The number of aldehydes is 1. The summed E-state index contributed by atoms with van der Waals surface area (Å²) in [4.78, 5) is 11.9. The molecule has 128 valence electrons. The molecule has 0 saturated carbocycles. The molecule has 3 nitrogen and oxygen atoms in total. The van der Waals surface area contributed by atoms with Gasteiger partial charge in [-0.25, -0.2) is 0 Å². The highest BCUT2D eigenvalue weighted by Gasteiger charge is 2.40. The maximum Gasteiger partial charge on any atom is 0.250 e. The van der Waals surface area contributed by atoms with E-state index in [1.165, 1.54) is 0 Å². The first kappa shape index (κ1) is 18.2. The van der Waals surface area contributed by atoms with E-state index in [0.29, 0.717) is 13.2 Å². The summed E-state index contributed by atoms with van der Waals surface area (Å²) in [5, 5.41) is 0.151. The molecule has 0 atom stereocenters. The van der Waals surface area contributed by atoms with Crippen LogP contribution >= 0.6 is 0 Å². The number of hydrogen-bond donors (Lipinski definition) is 0. The van der Waals surface area contributed by atoms with Gasteiger partial charge in [0.05, 0.1) is 5.41 Å². The van der Waals surface area contributed by atoms with Crippen LogP contribution in [0.1, 0.15) is 44.7 Å². The van der Waals surface area contributed by atoms with Crippen LogP contribution < -0.4 is 4.43 Å². The zero-order valence-electron chi connectivity index (χ0n) is 15.4. The van der Waals surface area contributed by atoms with Crippen LogP contribution in [-0.2, 0) is 14.9 Å². The van der Waals surface area contributed by atoms with Crippen molar-refractivity contribution >= 4 is 14.6 Å². The second-order valence-corrected chi connectivity index (χ2v) is 13.0. The van der Waals surface area contributed by atoms with Gasteiger partial charge in [0.25, 0.3) is 0 Å². The highest BCUT2D eigenvalue weighted by molar-refractivity contribution is 6.74. The summed E-state index contributed by atoms with van der Waals surface area (Å²) in [6.45, 7) is 14.6. The number of hydrogen-bond acceptors (Lipinski definition) is 3. The third kappa shape index (κ3) is 3.86. The first-order chi connectivity index (χ1) is 10.6. The Balaban J connectivity index is 2.38. The molecule has 0 unspecified atom stereocenters. The van der Waals surface area contributed by atoms with Crippen molar-refractivity contribution in [3.05, 3.63) is 29.3 Å². The molecular weight excluding hydrogens is 304 g/mol. The Bertz CT molecular complexity index is 566. The lowest BCUT2D eigenvalue weighted by atomic mass is 9.75. The molecule has 1 saturated heterocycles. The third-order valence-corrected chi connectivity index (χ3v) is 9.77. The van der Waals surface area contributed by atoms with E-state index in [0.717, 1.165) is 36.0 Å². The first-order valence-corrected chi connectivity index (χ1v) is 11.4. The van der Waals surface area contributed by atoms with Gasteiger partial charge in [-0.3, -0.25) is 0 Å². The van der Waals surface area contributed by atoms with Crippen molar-refractivity contribution in [2.75, 3.05) is 13.2 Å². The predicted octanol–water partition coefficient (Wildman–Crippen LogP) is 4.63. The fourth-order valence-electron chi connectivity index (χ4n) is 2.75. The van der Waals surface area contributed by atoms with E-state index in [-0.39, 0.29) is 5.04 Å². The minimum Gasteiger partial charge on any atom is -0.543 e. The van der Waals surface area contributed by atoms with Gasteiger partial charge >= 0.3 is 0 Å². The zero-order chi connectivity index (χ0) is 17.3. The van der Waals surface area contributed by atoms with E-state index in [1.54, 1.807) is 0 Å². The molecule has 1 fully saturated rings. The molecule has 1 aliphatic heterocycles. The Labute approximate surface area is 141 Å². The summed E-state index contributed by atoms with van der Waals surface area (Å²) in [7, 11) is -1.89. The summed E-state index contributed by atoms with van der Waals surface area (Å²) < 4.78 is 11.9. The Morgan fingerprint density at radius 1 is 1.17 bits per heavy atom. The van der Waals surface area contributed by atoms with Crippen molar-refractivity contribution in [3.63, 3.8) is 0 Å². The number of ether oxygens (including phenoxy) is 1. The van der Waals surface area contributed by atoms with Crippen LogP contribution in [0.4, 0.5) is 0 Å². The third-order valence-electron chi connectivity index (χ3n) is 5.42. The molecule has 0 aromatic heterocycles. The van der Waals surface area contributed by atoms with Crippen LogP contribution in [0.2, 0.25) is 18.1 Å². The van der Waals surface area contributed by atoms with E-state index in [4.69, 9.17) is 9.16 Å². The fourth-order valence-corrected chi connectivity index (χ4v) is 3.77. The van der Waals surface area contributed by atoms with Gasteiger partial charge in [0.1, 0.15) is 12.0 Å². The average molecular weight is 335 g/mol. The number of rotatable bonds is 4. The van der Waals surface area contributed by atoms with E-state index in [1.807, 2.05) is 0 Å². The highest BCUT2D eigenvalue weighted by atomic mass is 28.4. The van der Waals surface area contributed by atoms with Gasteiger partial charge in [0.15, 0.2) is 0 Å². The smallest absolute Gasteiger partial charge is 0.250 e. The molecule has 0 spiro atoms. The Hall–Kier alpha value is -1.13. The number of aryl methyl sites for hydroxylation is 1. The van der Waals surface area contributed by atoms with Gasteiger partial charge in [0, 0.05) is 13.2 Å². The van der Waals surface area contributed by atoms with Crippen molar-refractivity contribution in [3.8, 4) is 5.75 Å². The molecule has 1 aromatic rings. The van der Waals surface area contributed by atoms with Gasteiger partial charge < -0.3 is 14.0 Å². The van der Waals surface area contributed by atoms with Crippen molar-refractivity contribution in [2.45, 2.75) is 64.1 Å². The molecule has 0 aliphatic carbocycles. The predicted molar refractivity (Wildman–Crippen MR) is 96.8 cm³/mol. The lowest BCUT2D eigenvalue weighted by molar-refractivity contribution is -0.115. The standard InChI is InChI=1S/C19H30O3Si/c1-15-11-16(19(14-20)7-9-21-10-8-19)13-17(12-15)22-23(5,6)18(2,3)4/h11-14H,7-10H2,1-6H3. The van der Waals surface area contributed by atoms with Crippen molar-refractivity contribution in [1.29, 1.82) is 0 Å². The van der Waals surface area contributed by atoms with E-state index >= 15 is 0 Å². The van der Waals surface area contributed by atoms with Crippen LogP contribution in [0.15, 0.2) is 18.2 Å². The van der Waals surface area contributed by atoms with Gasteiger partial charge in [-0.2, -0.15) is 0 Å². The minimum absolute atomic E-state index is 0.151. The van der Waals surface area contributed by atoms with Crippen LogP contribution in [0.5, 0.6) is 5.75 Å². The normalized spacial score (nSPS) is 18.5. The average Bonchev–Trinajstić information content (AvgIpc) is 2.45. The van der Waals surface area contributed by atoms with E-state index < -0.39 is 13.7 Å². The summed E-state index contributed by atoms with van der Waals surface area (Å²) >= 11 is 0. The van der Waals surface area contributed by atoms with Crippen LogP contribution in [-0.4, -0.2) is 27.8 Å². The minimum atomic E-state index is -1.89. The monoisotopic (exact) mass is 334 g/mol. The molecule has 0 N–H and O–H groups in total. The summed E-state index contributed by atoms with van der Waals surface area (Å²) in [5.74, 6) is 0.902. The second-order valence-electron chi connectivity index (χ2n) is 8.28. The summed E-state index contributed by atoms with van der Waals surface area (Å²) in [6.07, 6.45) is 2.61. The second kappa shape index (κ2) is 6.40.